The topological polar surface area (TPSA) is 80.1 Å². The highest BCUT2D eigenvalue weighted by atomic mass is 16.2. The summed E-state index contributed by atoms with van der Waals surface area (Å²) in [5.74, 6) is 0.142. The number of benzene rings is 2. The molecule has 1 N–H and O–H groups in total. The summed E-state index contributed by atoms with van der Waals surface area (Å²) in [5, 5.41) is 3.07. The zero-order valence-corrected chi connectivity index (χ0v) is 20.8. The maximum Gasteiger partial charge on any atom is 0.295 e. The Bertz CT molecular complexity index is 1440. The van der Waals surface area contributed by atoms with Gasteiger partial charge in [-0.3, -0.25) is 14.2 Å². The molecule has 1 aliphatic rings. The van der Waals surface area contributed by atoms with Crippen LogP contribution in [0.2, 0.25) is 0 Å². The van der Waals surface area contributed by atoms with E-state index in [0.717, 1.165) is 30.5 Å². The molecule has 1 aliphatic heterocycles. The third-order valence-corrected chi connectivity index (χ3v) is 6.84. The van der Waals surface area contributed by atoms with Crippen LogP contribution in [0.1, 0.15) is 36.5 Å². The van der Waals surface area contributed by atoms with Crippen LogP contribution in [-0.2, 0) is 17.8 Å². The molecule has 1 saturated heterocycles. The number of amides is 1. The van der Waals surface area contributed by atoms with Crippen LogP contribution in [0.15, 0.2) is 71.7 Å². The molecule has 7 nitrogen and oxygen atoms in total. The average Bonchev–Trinajstić information content (AvgIpc) is 2.91. The van der Waals surface area contributed by atoms with Gasteiger partial charge in [-0.2, -0.15) is 0 Å². The van der Waals surface area contributed by atoms with Crippen molar-refractivity contribution in [3.05, 3.63) is 93.9 Å². The number of aryl methyl sites for hydroxylation is 2. The molecular weight excluding hydrogens is 450 g/mol. The van der Waals surface area contributed by atoms with Crippen LogP contribution in [0.3, 0.4) is 0 Å². The quantitative estimate of drug-likeness (QED) is 0.437. The molecule has 2 aromatic carbocycles. The summed E-state index contributed by atoms with van der Waals surface area (Å²) in [6, 6.07) is 19.8. The van der Waals surface area contributed by atoms with Crippen LogP contribution in [0.4, 0.5) is 11.5 Å². The summed E-state index contributed by atoms with van der Waals surface area (Å²) in [6.45, 7) is 5.69. The molecule has 0 radical (unpaired) electrons. The normalized spacial score (nSPS) is 15.7. The molecule has 0 saturated carbocycles. The minimum absolute atomic E-state index is 0.0182. The van der Waals surface area contributed by atoms with Gasteiger partial charge in [0.1, 0.15) is 5.52 Å². The first-order valence-electron chi connectivity index (χ1n) is 12.6. The lowest BCUT2D eigenvalue weighted by atomic mass is 9.97. The molecule has 3 heterocycles. The molecule has 0 aliphatic carbocycles. The maximum atomic E-state index is 13.7. The minimum Gasteiger partial charge on any atom is -0.351 e. The number of anilines is 2. The zero-order valence-electron chi connectivity index (χ0n) is 20.8. The first kappa shape index (κ1) is 23.7. The molecule has 2 aromatic heterocycles. The molecule has 1 fully saturated rings. The number of carbonyl (C=O) groups is 1. The predicted molar refractivity (Wildman–Crippen MR) is 143 cm³/mol. The standard InChI is InChI=1S/C29H31N5O2/c1-3-21-7-4-9-24(17-21)31-28(35)23-8-6-16-33(19-23)27-29(36)34(18-22-13-11-20(2)12-14-22)26-25(32-27)10-5-15-30-26/h4-5,7,9-15,17,23H,3,6,8,16,18-19H2,1-2H3,(H,31,35)/t23-/m1/s1. The highest BCUT2D eigenvalue weighted by molar-refractivity contribution is 5.93. The number of hydrogen-bond acceptors (Lipinski definition) is 5. The van der Waals surface area contributed by atoms with E-state index in [4.69, 9.17) is 4.98 Å². The number of aromatic nitrogens is 3. The highest BCUT2D eigenvalue weighted by Gasteiger charge is 2.29. The first-order valence-corrected chi connectivity index (χ1v) is 12.6. The van der Waals surface area contributed by atoms with Crippen molar-refractivity contribution >= 4 is 28.6 Å². The third kappa shape index (κ3) is 5.00. The Morgan fingerprint density at radius 1 is 1.08 bits per heavy atom. The number of rotatable bonds is 6. The van der Waals surface area contributed by atoms with E-state index in [0.29, 0.717) is 36.6 Å². The molecule has 184 valence electrons. The van der Waals surface area contributed by atoms with E-state index in [-0.39, 0.29) is 17.4 Å². The Labute approximate surface area is 210 Å². The van der Waals surface area contributed by atoms with Crippen molar-refractivity contribution in [2.75, 3.05) is 23.3 Å². The summed E-state index contributed by atoms with van der Waals surface area (Å²) in [6.07, 6.45) is 4.20. The molecule has 36 heavy (non-hydrogen) atoms. The van der Waals surface area contributed by atoms with Crippen LogP contribution in [0.5, 0.6) is 0 Å². The van der Waals surface area contributed by atoms with Gasteiger partial charge in [0.2, 0.25) is 5.91 Å². The zero-order chi connectivity index (χ0) is 25.1. The number of nitrogens with one attached hydrogen (secondary N) is 1. The van der Waals surface area contributed by atoms with Gasteiger partial charge in [0.25, 0.3) is 5.56 Å². The molecule has 5 rings (SSSR count). The van der Waals surface area contributed by atoms with Gasteiger partial charge in [0.15, 0.2) is 11.5 Å². The third-order valence-electron chi connectivity index (χ3n) is 6.84. The van der Waals surface area contributed by atoms with Crippen molar-refractivity contribution in [1.29, 1.82) is 0 Å². The number of hydrogen-bond donors (Lipinski definition) is 1. The van der Waals surface area contributed by atoms with Crippen molar-refractivity contribution in [3.63, 3.8) is 0 Å². The van der Waals surface area contributed by atoms with Crippen LogP contribution >= 0.6 is 0 Å². The second kappa shape index (κ2) is 10.3. The second-order valence-corrected chi connectivity index (χ2v) is 9.49. The number of piperidine rings is 1. The van der Waals surface area contributed by atoms with E-state index in [2.05, 4.69) is 23.3 Å². The van der Waals surface area contributed by atoms with Crippen molar-refractivity contribution in [3.8, 4) is 0 Å². The van der Waals surface area contributed by atoms with Crippen molar-refractivity contribution in [2.24, 2.45) is 5.92 Å². The van der Waals surface area contributed by atoms with E-state index < -0.39 is 0 Å². The Balaban J connectivity index is 1.43. The van der Waals surface area contributed by atoms with Crippen molar-refractivity contribution in [2.45, 2.75) is 39.7 Å². The minimum atomic E-state index is -0.222. The Hall–Kier alpha value is -4.00. The van der Waals surface area contributed by atoms with Gasteiger partial charge < -0.3 is 10.2 Å². The van der Waals surface area contributed by atoms with Crippen LogP contribution in [-0.4, -0.2) is 33.5 Å². The molecule has 4 aromatic rings. The molecule has 0 bridgehead atoms. The van der Waals surface area contributed by atoms with Crippen molar-refractivity contribution in [1.82, 2.24) is 14.5 Å². The van der Waals surface area contributed by atoms with Crippen molar-refractivity contribution < 1.29 is 4.79 Å². The highest BCUT2D eigenvalue weighted by Crippen LogP contribution is 2.23. The Morgan fingerprint density at radius 2 is 1.92 bits per heavy atom. The van der Waals surface area contributed by atoms with Gasteiger partial charge in [-0.05, 0) is 61.6 Å². The fourth-order valence-corrected chi connectivity index (χ4v) is 4.79. The SMILES string of the molecule is CCc1cccc(NC(=O)[C@@H]2CCCN(c3nc4cccnc4n(Cc4ccc(C)cc4)c3=O)C2)c1. The van der Waals surface area contributed by atoms with Gasteiger partial charge in [-0.15, -0.1) is 0 Å². The molecule has 7 heteroatoms. The van der Waals surface area contributed by atoms with Crippen LogP contribution < -0.4 is 15.8 Å². The lowest BCUT2D eigenvalue weighted by Crippen LogP contribution is -2.44. The number of pyridine rings is 1. The largest absolute Gasteiger partial charge is 0.351 e. The molecule has 1 atom stereocenters. The van der Waals surface area contributed by atoms with E-state index in [1.807, 2.05) is 66.4 Å². The van der Waals surface area contributed by atoms with E-state index in [9.17, 15) is 9.59 Å². The van der Waals surface area contributed by atoms with Gasteiger partial charge >= 0.3 is 0 Å². The lowest BCUT2D eigenvalue weighted by Gasteiger charge is -2.32. The van der Waals surface area contributed by atoms with Gasteiger partial charge in [-0.1, -0.05) is 48.9 Å². The maximum absolute atomic E-state index is 13.7. The van der Waals surface area contributed by atoms with Crippen LogP contribution in [0.25, 0.3) is 11.2 Å². The summed E-state index contributed by atoms with van der Waals surface area (Å²) >= 11 is 0. The Kier molecular flexibility index (Phi) is 6.80. The number of fused-ring (bicyclic) bond motifs is 1. The number of carbonyl (C=O) groups excluding carboxylic acids is 1. The lowest BCUT2D eigenvalue weighted by molar-refractivity contribution is -0.120. The van der Waals surface area contributed by atoms with E-state index in [1.54, 1.807) is 10.8 Å². The molecule has 0 unspecified atom stereocenters. The molecule has 0 spiro atoms. The molecule has 1 amide bonds. The average molecular weight is 482 g/mol. The summed E-state index contributed by atoms with van der Waals surface area (Å²) < 4.78 is 1.70. The summed E-state index contributed by atoms with van der Waals surface area (Å²) in [7, 11) is 0. The first-order chi connectivity index (χ1) is 17.5. The van der Waals surface area contributed by atoms with E-state index >= 15 is 0 Å². The van der Waals surface area contributed by atoms with Gasteiger partial charge in [0.05, 0.1) is 12.5 Å². The monoisotopic (exact) mass is 481 g/mol. The molecular formula is C29H31N5O2. The summed E-state index contributed by atoms with van der Waals surface area (Å²) in [5.41, 5.74) is 5.24. The Morgan fingerprint density at radius 3 is 2.72 bits per heavy atom. The van der Waals surface area contributed by atoms with Gasteiger partial charge in [0, 0.05) is 25.0 Å². The van der Waals surface area contributed by atoms with Gasteiger partial charge in [-0.25, -0.2) is 9.97 Å². The van der Waals surface area contributed by atoms with Crippen LogP contribution in [0, 0.1) is 12.8 Å². The van der Waals surface area contributed by atoms with E-state index in [1.165, 1.54) is 11.1 Å². The fourth-order valence-electron chi connectivity index (χ4n) is 4.79. The summed E-state index contributed by atoms with van der Waals surface area (Å²) in [4.78, 5) is 38.0. The smallest absolute Gasteiger partial charge is 0.295 e. The second-order valence-electron chi connectivity index (χ2n) is 9.49. The number of nitrogens with zero attached hydrogens (tertiary/aromatic N) is 4. The predicted octanol–water partition coefficient (Wildman–Crippen LogP) is 4.57. The fraction of sp³-hybridized carbons (Fsp3) is 0.310.